The van der Waals surface area contributed by atoms with Crippen LogP contribution in [0.1, 0.15) is 34.1 Å². The smallest absolute Gasteiger partial charge is 0.335 e. The van der Waals surface area contributed by atoms with Crippen molar-refractivity contribution in [2.75, 3.05) is 13.2 Å². The molecule has 0 aliphatic carbocycles. The van der Waals surface area contributed by atoms with Crippen LogP contribution in [0.15, 0.2) is 16.3 Å². The van der Waals surface area contributed by atoms with E-state index in [2.05, 4.69) is 4.99 Å². The van der Waals surface area contributed by atoms with Gasteiger partial charge in [0, 0.05) is 18.3 Å². The van der Waals surface area contributed by atoms with Gasteiger partial charge in [0.1, 0.15) is 5.41 Å². The summed E-state index contributed by atoms with van der Waals surface area (Å²) in [5.41, 5.74) is 0.141. The first kappa shape index (κ1) is 14.4. The molecule has 0 aromatic rings. The Morgan fingerprint density at radius 3 is 2.50 bits per heavy atom. The van der Waals surface area contributed by atoms with E-state index in [0.29, 0.717) is 24.5 Å². The fraction of sp³-hybridized carbons (Fsp3) is 0.615. The second-order valence-corrected chi connectivity index (χ2v) is 4.36. The minimum atomic E-state index is -0.891. The maximum atomic E-state index is 11.9. The van der Waals surface area contributed by atoms with Gasteiger partial charge >= 0.3 is 11.9 Å². The number of carbonyl (C=O) groups is 2. The molecule has 0 saturated carbocycles. The number of hydrogen-bond acceptors (Lipinski definition) is 5. The van der Waals surface area contributed by atoms with Crippen LogP contribution in [0.2, 0.25) is 0 Å². The summed E-state index contributed by atoms with van der Waals surface area (Å²) in [5.74, 6) is -0.787. The molecule has 1 aliphatic heterocycles. The van der Waals surface area contributed by atoms with E-state index in [1.807, 2.05) is 0 Å². The van der Waals surface area contributed by atoms with Crippen molar-refractivity contribution in [3.63, 3.8) is 0 Å². The van der Waals surface area contributed by atoms with E-state index in [4.69, 9.17) is 9.47 Å². The highest BCUT2D eigenvalue weighted by Crippen LogP contribution is 2.32. The number of allylic oxidation sites excluding steroid dienone is 1. The molecule has 0 spiro atoms. The molecule has 1 atom stereocenters. The molecule has 0 amide bonds. The van der Waals surface area contributed by atoms with Gasteiger partial charge in [0.2, 0.25) is 0 Å². The number of ether oxygens (including phenoxy) is 2. The molecule has 0 N–H and O–H groups in total. The standard InChI is InChI=1S/C13H19NO4/c1-5-17-11(15)10-7-13(4,8-14-9(10)3)12(16)18-6-2/h8H,5-7H2,1-4H3. The normalized spacial score (nSPS) is 22.9. The quantitative estimate of drug-likeness (QED) is 0.717. The molecule has 5 nitrogen and oxygen atoms in total. The van der Waals surface area contributed by atoms with Crippen molar-refractivity contribution < 1.29 is 19.1 Å². The van der Waals surface area contributed by atoms with Crippen LogP contribution in [0.25, 0.3) is 0 Å². The number of nitrogens with zero attached hydrogens (tertiary/aromatic N) is 1. The van der Waals surface area contributed by atoms with Crippen molar-refractivity contribution in [1.29, 1.82) is 0 Å². The van der Waals surface area contributed by atoms with Gasteiger partial charge in [0.15, 0.2) is 0 Å². The third kappa shape index (κ3) is 2.97. The van der Waals surface area contributed by atoms with Crippen molar-refractivity contribution in [3.8, 4) is 0 Å². The van der Waals surface area contributed by atoms with Gasteiger partial charge in [-0.2, -0.15) is 0 Å². The Morgan fingerprint density at radius 2 is 1.94 bits per heavy atom. The molecule has 0 aromatic carbocycles. The van der Waals surface area contributed by atoms with Gasteiger partial charge in [0.05, 0.1) is 18.8 Å². The zero-order valence-electron chi connectivity index (χ0n) is 11.3. The summed E-state index contributed by atoms with van der Waals surface area (Å²) in [5, 5.41) is 0. The molecule has 18 heavy (non-hydrogen) atoms. The maximum Gasteiger partial charge on any atom is 0.335 e. The minimum absolute atomic E-state index is 0.264. The van der Waals surface area contributed by atoms with Crippen LogP contribution in [-0.2, 0) is 19.1 Å². The molecule has 0 fully saturated rings. The molecule has 0 aromatic heterocycles. The Labute approximate surface area is 107 Å². The molecule has 0 bridgehead atoms. The van der Waals surface area contributed by atoms with Crippen LogP contribution < -0.4 is 0 Å². The molecule has 0 radical (unpaired) electrons. The Bertz CT molecular complexity index is 411. The highest BCUT2D eigenvalue weighted by atomic mass is 16.5. The highest BCUT2D eigenvalue weighted by Gasteiger charge is 2.38. The SMILES string of the molecule is CCOC(=O)C1=C(C)N=CC(C)(C(=O)OCC)C1. The molecule has 1 rings (SSSR count). The molecule has 0 saturated heterocycles. The lowest BCUT2D eigenvalue weighted by atomic mass is 9.82. The number of aliphatic imine (C=N–C) groups is 1. The molecule has 1 unspecified atom stereocenters. The van der Waals surface area contributed by atoms with Crippen molar-refractivity contribution >= 4 is 18.2 Å². The first-order chi connectivity index (χ1) is 8.44. The Morgan fingerprint density at radius 1 is 1.33 bits per heavy atom. The summed E-state index contributed by atoms with van der Waals surface area (Å²) in [7, 11) is 0. The Balaban J connectivity index is 2.92. The van der Waals surface area contributed by atoms with Crippen molar-refractivity contribution in [1.82, 2.24) is 0 Å². The van der Waals surface area contributed by atoms with E-state index < -0.39 is 11.4 Å². The first-order valence-electron chi connectivity index (χ1n) is 6.04. The van der Waals surface area contributed by atoms with Gasteiger partial charge in [-0.3, -0.25) is 9.79 Å². The highest BCUT2D eigenvalue weighted by molar-refractivity contribution is 6.00. The van der Waals surface area contributed by atoms with E-state index >= 15 is 0 Å². The van der Waals surface area contributed by atoms with Crippen LogP contribution in [0, 0.1) is 5.41 Å². The fourth-order valence-electron chi connectivity index (χ4n) is 1.72. The van der Waals surface area contributed by atoms with Crippen molar-refractivity contribution in [3.05, 3.63) is 11.3 Å². The number of rotatable bonds is 4. The van der Waals surface area contributed by atoms with E-state index in [0.717, 1.165) is 0 Å². The summed E-state index contributed by atoms with van der Waals surface area (Å²) in [4.78, 5) is 27.8. The zero-order valence-corrected chi connectivity index (χ0v) is 11.3. The summed E-state index contributed by atoms with van der Waals surface area (Å²) in [6.45, 7) is 7.53. The summed E-state index contributed by atoms with van der Waals surface area (Å²) in [6.07, 6.45) is 1.81. The summed E-state index contributed by atoms with van der Waals surface area (Å²) < 4.78 is 9.96. The van der Waals surface area contributed by atoms with Gasteiger partial charge < -0.3 is 9.47 Å². The minimum Gasteiger partial charge on any atom is -0.465 e. The van der Waals surface area contributed by atoms with Gasteiger partial charge in [-0.1, -0.05) is 0 Å². The van der Waals surface area contributed by atoms with Crippen LogP contribution in [0.4, 0.5) is 0 Å². The topological polar surface area (TPSA) is 65.0 Å². The Kier molecular flexibility index (Phi) is 4.64. The maximum absolute atomic E-state index is 11.9. The van der Waals surface area contributed by atoms with Gasteiger partial charge in [0.25, 0.3) is 0 Å². The molecular formula is C13H19NO4. The van der Waals surface area contributed by atoms with Gasteiger partial charge in [-0.05, 0) is 27.7 Å². The van der Waals surface area contributed by atoms with Crippen LogP contribution in [0.3, 0.4) is 0 Å². The van der Waals surface area contributed by atoms with E-state index in [1.165, 1.54) is 0 Å². The predicted molar refractivity (Wildman–Crippen MR) is 67.2 cm³/mol. The lowest BCUT2D eigenvalue weighted by molar-refractivity contribution is -0.150. The van der Waals surface area contributed by atoms with Crippen molar-refractivity contribution in [2.24, 2.45) is 10.4 Å². The number of carbonyl (C=O) groups excluding carboxylic acids is 2. The Hall–Kier alpha value is -1.65. The lowest BCUT2D eigenvalue weighted by Gasteiger charge is -2.27. The van der Waals surface area contributed by atoms with Crippen LogP contribution in [-0.4, -0.2) is 31.4 Å². The van der Waals surface area contributed by atoms with Gasteiger partial charge in [-0.15, -0.1) is 0 Å². The predicted octanol–water partition coefficient (Wildman–Crippen LogP) is 1.87. The summed E-state index contributed by atoms with van der Waals surface area (Å²) in [6, 6.07) is 0. The average molecular weight is 253 g/mol. The lowest BCUT2D eigenvalue weighted by Crippen LogP contribution is -2.35. The van der Waals surface area contributed by atoms with Crippen molar-refractivity contribution in [2.45, 2.75) is 34.1 Å². The number of esters is 2. The zero-order chi connectivity index (χ0) is 13.8. The second-order valence-electron chi connectivity index (χ2n) is 4.36. The third-order valence-electron chi connectivity index (χ3n) is 2.79. The van der Waals surface area contributed by atoms with E-state index in [9.17, 15) is 9.59 Å². The van der Waals surface area contributed by atoms with Crippen LogP contribution in [0.5, 0.6) is 0 Å². The fourth-order valence-corrected chi connectivity index (χ4v) is 1.72. The van der Waals surface area contributed by atoms with Gasteiger partial charge in [-0.25, -0.2) is 4.79 Å². The molecule has 1 aliphatic rings. The summed E-state index contributed by atoms with van der Waals surface area (Å²) >= 11 is 0. The third-order valence-corrected chi connectivity index (χ3v) is 2.79. The number of hydrogen-bond donors (Lipinski definition) is 0. The second kappa shape index (κ2) is 5.80. The monoisotopic (exact) mass is 253 g/mol. The van der Waals surface area contributed by atoms with E-state index in [-0.39, 0.29) is 12.4 Å². The first-order valence-corrected chi connectivity index (χ1v) is 6.04. The van der Waals surface area contributed by atoms with E-state index in [1.54, 1.807) is 33.9 Å². The molecule has 1 heterocycles. The molecule has 5 heteroatoms. The van der Waals surface area contributed by atoms with Crippen LogP contribution >= 0.6 is 0 Å². The molecule has 100 valence electrons. The largest absolute Gasteiger partial charge is 0.465 e. The molecular weight excluding hydrogens is 234 g/mol. The average Bonchev–Trinajstić information content (AvgIpc) is 2.33.